The summed E-state index contributed by atoms with van der Waals surface area (Å²) in [5.41, 5.74) is 5.06. The Morgan fingerprint density at radius 2 is 1.69 bits per heavy atom. The molecule has 0 bridgehead atoms. The summed E-state index contributed by atoms with van der Waals surface area (Å²) < 4.78 is 17.6. The van der Waals surface area contributed by atoms with Crippen molar-refractivity contribution in [3.63, 3.8) is 0 Å². The maximum atomic E-state index is 13.9. The maximum absolute atomic E-state index is 13.9. The van der Waals surface area contributed by atoms with Crippen LogP contribution >= 0.6 is 23.2 Å². The third-order valence-corrected chi connectivity index (χ3v) is 7.47. The zero-order valence-corrected chi connectivity index (χ0v) is 22.0. The highest BCUT2D eigenvalue weighted by Gasteiger charge is 2.28. The summed E-state index contributed by atoms with van der Waals surface area (Å²) in [4.78, 5) is 32.3. The molecule has 39 heavy (non-hydrogen) atoms. The Balaban J connectivity index is 1.38. The van der Waals surface area contributed by atoms with E-state index in [1.54, 1.807) is 55.7 Å². The van der Waals surface area contributed by atoms with Crippen molar-refractivity contribution in [3.8, 4) is 33.9 Å². The highest BCUT2D eigenvalue weighted by atomic mass is 35.5. The van der Waals surface area contributed by atoms with E-state index in [1.807, 2.05) is 18.2 Å². The van der Waals surface area contributed by atoms with E-state index in [9.17, 15) is 9.59 Å². The fourth-order valence-electron chi connectivity index (χ4n) is 5.03. The van der Waals surface area contributed by atoms with E-state index in [4.69, 9.17) is 42.1 Å². The average molecular weight is 557 g/mol. The van der Waals surface area contributed by atoms with Gasteiger partial charge in [-0.15, -0.1) is 0 Å². The van der Waals surface area contributed by atoms with E-state index in [2.05, 4.69) is 0 Å². The van der Waals surface area contributed by atoms with Gasteiger partial charge in [-0.25, -0.2) is 0 Å². The summed E-state index contributed by atoms with van der Waals surface area (Å²) >= 11 is 12.6. The molecule has 0 unspecified atom stereocenters. The Morgan fingerprint density at radius 1 is 0.923 bits per heavy atom. The largest absolute Gasteiger partial charge is 0.488 e. The highest BCUT2D eigenvalue weighted by molar-refractivity contribution is 6.32. The first kappa shape index (κ1) is 23.8. The molecule has 0 saturated carbocycles. The molecule has 9 heteroatoms. The summed E-state index contributed by atoms with van der Waals surface area (Å²) in [6.07, 6.45) is 1.71. The van der Waals surface area contributed by atoms with Crippen molar-refractivity contribution in [2.24, 2.45) is 0 Å². The van der Waals surface area contributed by atoms with E-state index >= 15 is 0 Å². The van der Waals surface area contributed by atoms with Crippen LogP contribution in [0.1, 0.15) is 21.7 Å². The van der Waals surface area contributed by atoms with Gasteiger partial charge >= 0.3 is 0 Å². The highest BCUT2D eigenvalue weighted by Crippen LogP contribution is 2.42. The van der Waals surface area contributed by atoms with Gasteiger partial charge in [0.1, 0.15) is 23.7 Å². The molecule has 0 N–H and O–H groups in total. The van der Waals surface area contributed by atoms with Crippen LogP contribution in [-0.2, 0) is 11.4 Å². The fraction of sp³-hybridized carbons (Fsp3) is 0.100. The van der Waals surface area contributed by atoms with Crippen LogP contribution < -0.4 is 14.4 Å². The number of hydrogen-bond acceptors (Lipinski definition) is 6. The van der Waals surface area contributed by atoms with E-state index in [1.165, 1.54) is 4.90 Å². The zero-order chi connectivity index (χ0) is 26.8. The fourth-order valence-corrected chi connectivity index (χ4v) is 5.37. The number of fused-ring (bicyclic) bond motifs is 5. The van der Waals surface area contributed by atoms with Gasteiger partial charge in [-0.2, -0.15) is 0 Å². The second-order valence-electron chi connectivity index (χ2n) is 9.36. The van der Waals surface area contributed by atoms with Crippen LogP contribution in [0.25, 0.3) is 33.4 Å². The first-order valence-electron chi connectivity index (χ1n) is 12.1. The van der Waals surface area contributed by atoms with Gasteiger partial charge in [0.2, 0.25) is 5.78 Å². The zero-order valence-electron chi connectivity index (χ0n) is 20.5. The molecule has 0 aliphatic carbocycles. The molecule has 3 aromatic carbocycles. The Hall–Kier alpha value is -4.33. The number of amides is 1. The molecule has 1 amide bonds. The normalized spacial score (nSPS) is 13.8. The first-order chi connectivity index (χ1) is 18.9. The topological polar surface area (TPSA) is 81.9 Å². The number of nitrogens with zero attached hydrogens (tertiary/aromatic N) is 2. The van der Waals surface area contributed by atoms with Crippen LogP contribution in [0, 0.1) is 0 Å². The lowest BCUT2D eigenvalue weighted by Crippen LogP contribution is -2.35. The number of carbonyl (C=O) groups excluding carboxylic acids is 2. The predicted molar refractivity (Wildman–Crippen MR) is 148 cm³/mol. The first-order valence-corrected chi connectivity index (χ1v) is 12.8. The lowest BCUT2D eigenvalue weighted by atomic mass is 9.95. The van der Waals surface area contributed by atoms with Gasteiger partial charge in [-0.05, 0) is 60.7 Å². The lowest BCUT2D eigenvalue weighted by molar-refractivity contribution is -0.120. The van der Waals surface area contributed by atoms with Gasteiger partial charge in [0.15, 0.2) is 12.4 Å². The summed E-state index contributed by atoms with van der Waals surface area (Å²) in [6.45, 7) is 0.271. The number of ether oxygens (including phenoxy) is 2. The second kappa shape index (κ2) is 8.86. The lowest BCUT2D eigenvalue weighted by Gasteiger charge is -2.26. The van der Waals surface area contributed by atoms with E-state index in [0.29, 0.717) is 61.5 Å². The monoisotopic (exact) mass is 556 g/mol. The van der Waals surface area contributed by atoms with Crippen LogP contribution in [0.15, 0.2) is 71.3 Å². The number of carbonyl (C=O) groups is 2. The molecule has 4 heterocycles. The number of anilines is 1. The number of pyridine rings is 1. The molecule has 2 aromatic heterocycles. The molecular formula is C30H18Cl2N2O5. The van der Waals surface area contributed by atoms with Crippen molar-refractivity contribution in [2.45, 2.75) is 6.61 Å². The number of furan rings is 1. The summed E-state index contributed by atoms with van der Waals surface area (Å²) in [6, 6.07) is 17.6. The Labute approximate surface area is 232 Å². The van der Waals surface area contributed by atoms with E-state index in [-0.39, 0.29) is 24.1 Å². The predicted octanol–water partition coefficient (Wildman–Crippen LogP) is 6.95. The molecule has 0 spiro atoms. The minimum Gasteiger partial charge on any atom is -0.488 e. The summed E-state index contributed by atoms with van der Waals surface area (Å²) in [5, 5.41) is 1.77. The van der Waals surface area contributed by atoms with E-state index < -0.39 is 0 Å². The SMILES string of the molecule is CN1C(=O)COc2ccc(C(=O)c3oc4ccc(Cl)cc4c3-c3cnc4c(c3)COc3ccc(Cl)cc3-4)cc21. The summed E-state index contributed by atoms with van der Waals surface area (Å²) in [7, 11) is 1.65. The standard InChI is InChI=1S/C30H18Cl2N2O5/c1-34-22-9-15(2-5-25(22)38-14-26(34)35)29(36)30-27(20-10-18(31)4-7-24(20)39-30)16-8-17-13-37-23-6-3-19(32)11-21(23)28(17)33-12-16/h2-12H,13-14H2,1H3. The Morgan fingerprint density at radius 3 is 2.56 bits per heavy atom. The molecule has 7 nitrogen and oxygen atoms in total. The smallest absolute Gasteiger partial charge is 0.264 e. The maximum Gasteiger partial charge on any atom is 0.264 e. The third-order valence-electron chi connectivity index (χ3n) is 7.00. The molecule has 2 aliphatic rings. The van der Waals surface area contributed by atoms with Crippen molar-refractivity contribution in [3.05, 3.63) is 93.8 Å². The molecule has 7 rings (SSSR count). The van der Waals surface area contributed by atoms with Crippen LogP contribution in [0.3, 0.4) is 0 Å². The van der Waals surface area contributed by atoms with Crippen molar-refractivity contribution in [2.75, 3.05) is 18.6 Å². The average Bonchev–Trinajstić information content (AvgIpc) is 3.32. The van der Waals surface area contributed by atoms with Gasteiger partial charge < -0.3 is 18.8 Å². The number of hydrogen-bond donors (Lipinski definition) is 0. The van der Waals surface area contributed by atoms with Crippen LogP contribution in [0.2, 0.25) is 10.0 Å². The van der Waals surface area contributed by atoms with Crippen molar-refractivity contribution < 1.29 is 23.5 Å². The van der Waals surface area contributed by atoms with Crippen LogP contribution in [0.4, 0.5) is 5.69 Å². The van der Waals surface area contributed by atoms with Gasteiger partial charge in [0.25, 0.3) is 5.91 Å². The molecule has 0 atom stereocenters. The Bertz CT molecular complexity index is 1860. The number of ketones is 1. The Kier molecular flexibility index (Phi) is 5.40. The van der Waals surface area contributed by atoms with Gasteiger partial charge in [0.05, 0.1) is 11.4 Å². The number of likely N-dealkylation sites (N-methyl/N-ethyl adjacent to an activating group) is 1. The number of halogens is 2. The molecule has 192 valence electrons. The minimum atomic E-state index is -0.349. The molecule has 2 aliphatic heterocycles. The summed E-state index contributed by atoms with van der Waals surface area (Å²) in [5.74, 6) is 0.835. The number of benzene rings is 3. The molecule has 5 aromatic rings. The van der Waals surface area contributed by atoms with Gasteiger partial charge in [-0.1, -0.05) is 23.2 Å². The third kappa shape index (κ3) is 3.85. The van der Waals surface area contributed by atoms with E-state index in [0.717, 1.165) is 16.8 Å². The van der Waals surface area contributed by atoms with Crippen molar-refractivity contribution >= 4 is 51.5 Å². The quantitative estimate of drug-likeness (QED) is 0.224. The van der Waals surface area contributed by atoms with Gasteiger partial charge in [-0.3, -0.25) is 14.6 Å². The minimum absolute atomic E-state index is 0.0446. The van der Waals surface area contributed by atoms with Crippen LogP contribution in [-0.4, -0.2) is 30.3 Å². The molecule has 0 radical (unpaired) electrons. The van der Waals surface area contributed by atoms with Crippen LogP contribution in [0.5, 0.6) is 11.5 Å². The van der Waals surface area contributed by atoms with Gasteiger partial charge in [0, 0.05) is 56.5 Å². The molecular weight excluding hydrogens is 539 g/mol. The number of rotatable bonds is 3. The van der Waals surface area contributed by atoms with Crippen molar-refractivity contribution in [1.29, 1.82) is 0 Å². The second-order valence-corrected chi connectivity index (χ2v) is 10.2. The number of aromatic nitrogens is 1. The molecule has 0 saturated heterocycles. The molecule has 0 fully saturated rings. The van der Waals surface area contributed by atoms with Crippen molar-refractivity contribution in [1.82, 2.24) is 4.98 Å².